The van der Waals surface area contributed by atoms with E-state index in [1.54, 1.807) is 7.05 Å². The molecule has 0 radical (unpaired) electrons. The normalized spacial score (nSPS) is 11.9. The highest BCUT2D eigenvalue weighted by atomic mass is 32.2. The smallest absolute Gasteiger partial charge is 0.279 e. The Morgan fingerprint density at radius 3 is 2.53 bits per heavy atom. The zero-order valence-corrected chi connectivity index (χ0v) is 12.4. The minimum absolute atomic E-state index is 0.320. The molecule has 1 aromatic carbocycles. The summed E-state index contributed by atoms with van der Waals surface area (Å²) in [5.74, 6) is 0. The fourth-order valence-electron chi connectivity index (χ4n) is 1.60. The van der Waals surface area contributed by atoms with Crippen molar-refractivity contribution in [2.24, 2.45) is 0 Å². The number of benzene rings is 1. The van der Waals surface area contributed by atoms with E-state index in [2.05, 4.69) is 10.0 Å². The van der Waals surface area contributed by atoms with E-state index in [1.165, 1.54) is 4.31 Å². The van der Waals surface area contributed by atoms with Crippen molar-refractivity contribution < 1.29 is 8.42 Å². The van der Waals surface area contributed by atoms with Gasteiger partial charge in [-0.25, -0.2) is 0 Å². The molecule has 0 fully saturated rings. The van der Waals surface area contributed by atoms with Crippen LogP contribution in [0, 0.1) is 0 Å². The maximum absolute atomic E-state index is 12.0. The second kappa shape index (κ2) is 8.27. The third kappa shape index (κ3) is 6.15. The number of nitrogens with one attached hydrogen (secondary N) is 2. The fraction of sp³-hybridized carbons (Fsp3) is 0.538. The van der Waals surface area contributed by atoms with Crippen molar-refractivity contribution in [3.05, 3.63) is 35.9 Å². The van der Waals surface area contributed by atoms with Crippen molar-refractivity contribution in [1.29, 1.82) is 0 Å². The Morgan fingerprint density at radius 1 is 1.21 bits per heavy atom. The van der Waals surface area contributed by atoms with Crippen LogP contribution in [0.5, 0.6) is 0 Å². The van der Waals surface area contributed by atoms with E-state index in [4.69, 9.17) is 0 Å². The molecule has 0 unspecified atom stereocenters. The Kier molecular flexibility index (Phi) is 7.01. The van der Waals surface area contributed by atoms with Gasteiger partial charge in [0.15, 0.2) is 0 Å². The van der Waals surface area contributed by atoms with Crippen LogP contribution in [0.1, 0.15) is 18.9 Å². The first-order valence-electron chi connectivity index (χ1n) is 6.52. The molecule has 108 valence electrons. The third-order valence-corrected chi connectivity index (χ3v) is 4.30. The number of hydrogen-bond donors (Lipinski definition) is 2. The molecule has 0 saturated carbocycles. The minimum atomic E-state index is -3.39. The summed E-state index contributed by atoms with van der Waals surface area (Å²) in [4.78, 5) is 0. The summed E-state index contributed by atoms with van der Waals surface area (Å²) in [5, 5.41) is 3.17. The number of nitrogens with zero attached hydrogens (tertiary/aromatic N) is 1. The minimum Gasteiger partial charge on any atom is -0.317 e. The first kappa shape index (κ1) is 16.1. The molecule has 2 N–H and O–H groups in total. The summed E-state index contributed by atoms with van der Waals surface area (Å²) in [7, 11) is -1.79. The van der Waals surface area contributed by atoms with Gasteiger partial charge in [0.05, 0.1) is 0 Å². The van der Waals surface area contributed by atoms with E-state index in [0.717, 1.165) is 25.1 Å². The van der Waals surface area contributed by atoms with Gasteiger partial charge in [0.2, 0.25) is 0 Å². The molecule has 0 aliphatic rings. The number of hydrogen-bond acceptors (Lipinski definition) is 3. The van der Waals surface area contributed by atoms with Crippen molar-refractivity contribution in [2.75, 3.05) is 26.7 Å². The number of rotatable bonds is 9. The molecule has 5 nitrogen and oxygen atoms in total. The Labute approximate surface area is 116 Å². The predicted octanol–water partition coefficient (Wildman–Crippen LogP) is 0.952. The maximum atomic E-state index is 12.0. The Hall–Kier alpha value is -0.950. The molecule has 0 amide bonds. The van der Waals surface area contributed by atoms with Crippen LogP contribution in [0.25, 0.3) is 0 Å². The van der Waals surface area contributed by atoms with Crippen molar-refractivity contribution in [3.63, 3.8) is 0 Å². The Bertz CT molecular complexity index is 448. The SMILES string of the molecule is CCNCCCN(C)S(=O)(=O)NCc1ccccc1. The van der Waals surface area contributed by atoms with Crippen LogP contribution < -0.4 is 10.0 Å². The first-order valence-corrected chi connectivity index (χ1v) is 7.96. The summed E-state index contributed by atoms with van der Waals surface area (Å²) in [6.07, 6.45) is 0.802. The van der Waals surface area contributed by atoms with Gasteiger partial charge in [0.1, 0.15) is 0 Å². The second-order valence-electron chi connectivity index (χ2n) is 4.34. The monoisotopic (exact) mass is 285 g/mol. The van der Waals surface area contributed by atoms with Gasteiger partial charge in [-0.05, 0) is 25.1 Å². The molecular formula is C13H23N3O2S. The lowest BCUT2D eigenvalue weighted by molar-refractivity contribution is 0.445. The van der Waals surface area contributed by atoms with Gasteiger partial charge >= 0.3 is 0 Å². The summed E-state index contributed by atoms with van der Waals surface area (Å²) in [5.41, 5.74) is 0.951. The maximum Gasteiger partial charge on any atom is 0.279 e. The first-order chi connectivity index (χ1) is 9.06. The van der Waals surface area contributed by atoms with Crippen LogP contribution in [-0.2, 0) is 16.8 Å². The molecule has 0 heterocycles. The van der Waals surface area contributed by atoms with Crippen LogP contribution in [0.4, 0.5) is 0 Å². The van der Waals surface area contributed by atoms with Gasteiger partial charge in [0.25, 0.3) is 10.2 Å². The highest BCUT2D eigenvalue weighted by Crippen LogP contribution is 2.01. The third-order valence-electron chi connectivity index (χ3n) is 2.79. The van der Waals surface area contributed by atoms with E-state index in [-0.39, 0.29) is 0 Å². The van der Waals surface area contributed by atoms with E-state index in [0.29, 0.717) is 13.1 Å². The predicted molar refractivity (Wildman–Crippen MR) is 78.0 cm³/mol. The van der Waals surface area contributed by atoms with E-state index < -0.39 is 10.2 Å². The molecule has 6 heteroatoms. The van der Waals surface area contributed by atoms with Crippen LogP contribution in [-0.4, -0.2) is 39.4 Å². The molecule has 0 bridgehead atoms. The molecule has 0 spiro atoms. The van der Waals surface area contributed by atoms with Crippen molar-refractivity contribution >= 4 is 10.2 Å². The molecule has 19 heavy (non-hydrogen) atoms. The topological polar surface area (TPSA) is 61.4 Å². The molecule has 0 saturated heterocycles. The average molecular weight is 285 g/mol. The van der Waals surface area contributed by atoms with Gasteiger partial charge in [0, 0.05) is 20.1 Å². The standard InChI is InChI=1S/C13H23N3O2S/c1-3-14-10-7-11-16(2)19(17,18)15-12-13-8-5-4-6-9-13/h4-6,8-9,14-15H,3,7,10-12H2,1-2H3. The van der Waals surface area contributed by atoms with Crippen molar-refractivity contribution in [1.82, 2.24) is 14.3 Å². The molecule has 1 aromatic rings. The van der Waals surface area contributed by atoms with Gasteiger partial charge < -0.3 is 5.32 Å². The van der Waals surface area contributed by atoms with Gasteiger partial charge in [-0.3, -0.25) is 0 Å². The zero-order valence-electron chi connectivity index (χ0n) is 11.6. The van der Waals surface area contributed by atoms with Gasteiger partial charge in [-0.2, -0.15) is 17.4 Å². The molecule has 0 aromatic heterocycles. The fourth-order valence-corrected chi connectivity index (χ4v) is 2.54. The summed E-state index contributed by atoms with van der Waals surface area (Å²) >= 11 is 0. The summed E-state index contributed by atoms with van der Waals surface area (Å²) in [6.45, 7) is 4.59. The lowest BCUT2D eigenvalue weighted by Crippen LogP contribution is -2.39. The van der Waals surface area contributed by atoms with Crippen molar-refractivity contribution in [2.45, 2.75) is 19.9 Å². The lowest BCUT2D eigenvalue weighted by atomic mass is 10.2. The highest BCUT2D eigenvalue weighted by molar-refractivity contribution is 7.87. The summed E-state index contributed by atoms with van der Waals surface area (Å²) < 4.78 is 27.9. The van der Waals surface area contributed by atoms with Crippen LogP contribution in [0.2, 0.25) is 0 Å². The van der Waals surface area contributed by atoms with Crippen LogP contribution in [0.3, 0.4) is 0 Å². The van der Waals surface area contributed by atoms with Gasteiger partial charge in [-0.1, -0.05) is 37.3 Å². The van der Waals surface area contributed by atoms with E-state index in [1.807, 2.05) is 37.3 Å². The Balaban J connectivity index is 2.38. The summed E-state index contributed by atoms with van der Waals surface area (Å²) in [6, 6.07) is 9.49. The lowest BCUT2D eigenvalue weighted by Gasteiger charge is -2.17. The Morgan fingerprint density at radius 2 is 1.89 bits per heavy atom. The quantitative estimate of drug-likeness (QED) is 0.664. The van der Waals surface area contributed by atoms with Gasteiger partial charge in [-0.15, -0.1) is 0 Å². The molecule has 0 aliphatic carbocycles. The average Bonchev–Trinajstić information content (AvgIpc) is 2.42. The molecule has 0 atom stereocenters. The van der Waals surface area contributed by atoms with E-state index >= 15 is 0 Å². The van der Waals surface area contributed by atoms with E-state index in [9.17, 15) is 8.42 Å². The molecule has 1 rings (SSSR count). The highest BCUT2D eigenvalue weighted by Gasteiger charge is 2.16. The largest absolute Gasteiger partial charge is 0.317 e. The second-order valence-corrected chi connectivity index (χ2v) is 6.20. The van der Waals surface area contributed by atoms with Crippen molar-refractivity contribution in [3.8, 4) is 0 Å². The molecular weight excluding hydrogens is 262 g/mol. The van der Waals surface area contributed by atoms with Crippen LogP contribution in [0.15, 0.2) is 30.3 Å². The zero-order chi connectivity index (χ0) is 14.1. The van der Waals surface area contributed by atoms with Crippen LogP contribution >= 0.6 is 0 Å². The molecule has 0 aliphatic heterocycles.